The number of amides is 1. The Hall–Kier alpha value is -0.710. The summed E-state index contributed by atoms with van der Waals surface area (Å²) in [5.74, 6) is 0.499. The van der Waals surface area contributed by atoms with E-state index in [-0.39, 0.29) is 11.2 Å². The molecule has 0 heterocycles. The summed E-state index contributed by atoms with van der Waals surface area (Å²) in [6.07, 6.45) is 0.952. The van der Waals surface area contributed by atoms with Gasteiger partial charge in [-0.25, -0.2) is 0 Å². The highest BCUT2D eigenvalue weighted by Crippen LogP contribution is 2.28. The van der Waals surface area contributed by atoms with Crippen LogP contribution in [0.15, 0.2) is 24.3 Å². The maximum absolute atomic E-state index is 11.5. The number of carbonyl (C=O) groups is 1. The molecule has 0 aliphatic heterocycles. The van der Waals surface area contributed by atoms with Gasteiger partial charge in [-0.3, -0.25) is 4.79 Å². The molecular formula is C13H19ClN2OS. The first-order valence-electron chi connectivity index (χ1n) is 6.01. The molecular weight excluding hydrogens is 268 g/mol. The van der Waals surface area contributed by atoms with E-state index in [1.165, 1.54) is 0 Å². The average Bonchev–Trinajstić information content (AvgIpc) is 2.39. The third-order valence-corrected chi connectivity index (χ3v) is 3.99. The first-order valence-corrected chi connectivity index (χ1v) is 7.43. The summed E-state index contributed by atoms with van der Waals surface area (Å²) in [5.41, 5.74) is 6.85. The average molecular weight is 287 g/mol. The standard InChI is InChI=1S/C13H19ClN2OS/c1-2-7-16-13(17)9-18-12(8-15)10-3-5-11(14)6-4-10/h3-6,12H,2,7-9,15H2,1H3,(H,16,17). The van der Waals surface area contributed by atoms with E-state index in [9.17, 15) is 4.79 Å². The number of thioether (sulfide) groups is 1. The van der Waals surface area contributed by atoms with Gasteiger partial charge in [0.25, 0.3) is 0 Å². The second-order valence-corrected chi connectivity index (χ2v) is 5.56. The Morgan fingerprint density at radius 3 is 2.67 bits per heavy atom. The van der Waals surface area contributed by atoms with Crippen molar-refractivity contribution in [1.82, 2.24) is 5.32 Å². The first-order chi connectivity index (χ1) is 8.67. The third-order valence-electron chi connectivity index (χ3n) is 2.44. The summed E-state index contributed by atoms with van der Waals surface area (Å²) >= 11 is 7.40. The summed E-state index contributed by atoms with van der Waals surface area (Å²) < 4.78 is 0. The van der Waals surface area contributed by atoms with Crippen LogP contribution in [0.3, 0.4) is 0 Å². The monoisotopic (exact) mass is 286 g/mol. The SMILES string of the molecule is CCCNC(=O)CSC(CN)c1ccc(Cl)cc1. The zero-order chi connectivity index (χ0) is 13.4. The third kappa shape index (κ3) is 5.29. The minimum absolute atomic E-state index is 0.0641. The van der Waals surface area contributed by atoms with E-state index in [0.717, 1.165) is 18.5 Å². The van der Waals surface area contributed by atoms with Gasteiger partial charge in [-0.05, 0) is 24.1 Å². The van der Waals surface area contributed by atoms with Gasteiger partial charge in [0.05, 0.1) is 5.75 Å². The van der Waals surface area contributed by atoms with Crippen molar-refractivity contribution in [2.45, 2.75) is 18.6 Å². The quantitative estimate of drug-likeness (QED) is 0.810. The van der Waals surface area contributed by atoms with Crippen LogP contribution in [0.4, 0.5) is 0 Å². The van der Waals surface area contributed by atoms with Gasteiger partial charge in [0.1, 0.15) is 0 Å². The fourth-order valence-corrected chi connectivity index (χ4v) is 2.54. The molecule has 1 atom stereocenters. The maximum atomic E-state index is 11.5. The number of carbonyl (C=O) groups excluding carboxylic acids is 1. The van der Waals surface area contributed by atoms with Crippen LogP contribution in [0.1, 0.15) is 24.2 Å². The fourth-order valence-electron chi connectivity index (χ4n) is 1.47. The Bertz CT molecular complexity index is 370. The van der Waals surface area contributed by atoms with Gasteiger partial charge in [-0.2, -0.15) is 0 Å². The Kier molecular flexibility index (Phi) is 7.16. The molecule has 1 unspecified atom stereocenters. The van der Waals surface area contributed by atoms with E-state index >= 15 is 0 Å². The summed E-state index contributed by atoms with van der Waals surface area (Å²) in [4.78, 5) is 11.5. The van der Waals surface area contributed by atoms with Crippen LogP contribution in [0, 0.1) is 0 Å². The zero-order valence-electron chi connectivity index (χ0n) is 10.5. The Labute approximate surface area is 117 Å². The molecule has 0 fully saturated rings. The second kappa shape index (κ2) is 8.40. The van der Waals surface area contributed by atoms with Crippen molar-refractivity contribution in [3.05, 3.63) is 34.9 Å². The molecule has 1 aromatic carbocycles. The highest BCUT2D eigenvalue weighted by Gasteiger charge is 2.12. The Balaban J connectivity index is 2.47. The normalized spacial score (nSPS) is 12.2. The van der Waals surface area contributed by atoms with Crippen LogP contribution in [0.25, 0.3) is 0 Å². The van der Waals surface area contributed by atoms with Crippen molar-refractivity contribution in [1.29, 1.82) is 0 Å². The lowest BCUT2D eigenvalue weighted by Gasteiger charge is -2.14. The summed E-state index contributed by atoms with van der Waals surface area (Å²) in [6, 6.07) is 7.60. The summed E-state index contributed by atoms with van der Waals surface area (Å²) in [5, 5.41) is 3.69. The number of rotatable bonds is 7. The van der Waals surface area contributed by atoms with Crippen molar-refractivity contribution in [3.63, 3.8) is 0 Å². The highest BCUT2D eigenvalue weighted by atomic mass is 35.5. The molecule has 0 saturated heterocycles. The van der Waals surface area contributed by atoms with E-state index in [0.29, 0.717) is 17.3 Å². The smallest absolute Gasteiger partial charge is 0.230 e. The van der Waals surface area contributed by atoms with Gasteiger partial charge in [-0.15, -0.1) is 11.8 Å². The molecule has 0 aliphatic rings. The number of nitrogens with two attached hydrogens (primary N) is 1. The van der Waals surface area contributed by atoms with Crippen molar-refractivity contribution in [2.75, 3.05) is 18.8 Å². The van der Waals surface area contributed by atoms with Crippen LogP contribution in [-0.2, 0) is 4.79 Å². The molecule has 1 aromatic rings. The Morgan fingerprint density at radius 1 is 1.44 bits per heavy atom. The fraction of sp³-hybridized carbons (Fsp3) is 0.462. The number of hydrogen-bond acceptors (Lipinski definition) is 3. The lowest BCUT2D eigenvalue weighted by Crippen LogP contribution is -2.26. The van der Waals surface area contributed by atoms with Crippen LogP contribution in [0.2, 0.25) is 5.02 Å². The molecule has 1 rings (SSSR count). The summed E-state index contributed by atoms with van der Waals surface area (Å²) in [7, 11) is 0. The predicted molar refractivity (Wildman–Crippen MR) is 79.0 cm³/mol. The molecule has 3 nitrogen and oxygen atoms in total. The van der Waals surface area contributed by atoms with E-state index in [4.69, 9.17) is 17.3 Å². The number of benzene rings is 1. The minimum Gasteiger partial charge on any atom is -0.355 e. The lowest BCUT2D eigenvalue weighted by molar-refractivity contribution is -0.118. The molecule has 0 saturated carbocycles. The molecule has 0 radical (unpaired) electrons. The molecule has 0 aromatic heterocycles. The van der Waals surface area contributed by atoms with Crippen LogP contribution < -0.4 is 11.1 Å². The highest BCUT2D eigenvalue weighted by molar-refractivity contribution is 8.00. The minimum atomic E-state index is 0.0641. The molecule has 3 N–H and O–H groups in total. The molecule has 1 amide bonds. The van der Waals surface area contributed by atoms with E-state index in [1.807, 2.05) is 31.2 Å². The van der Waals surface area contributed by atoms with E-state index < -0.39 is 0 Å². The number of halogens is 1. The van der Waals surface area contributed by atoms with Gasteiger partial charge in [0, 0.05) is 23.4 Å². The largest absolute Gasteiger partial charge is 0.355 e. The van der Waals surface area contributed by atoms with E-state index in [2.05, 4.69) is 5.32 Å². The van der Waals surface area contributed by atoms with Gasteiger partial charge in [0.15, 0.2) is 0 Å². The number of hydrogen-bond donors (Lipinski definition) is 2. The lowest BCUT2D eigenvalue weighted by atomic mass is 10.1. The maximum Gasteiger partial charge on any atom is 0.230 e. The Morgan fingerprint density at radius 2 is 2.11 bits per heavy atom. The molecule has 0 bridgehead atoms. The molecule has 0 spiro atoms. The van der Waals surface area contributed by atoms with Crippen LogP contribution in [-0.4, -0.2) is 24.7 Å². The van der Waals surface area contributed by atoms with Crippen molar-refractivity contribution >= 4 is 29.3 Å². The van der Waals surface area contributed by atoms with Gasteiger partial charge >= 0.3 is 0 Å². The van der Waals surface area contributed by atoms with E-state index in [1.54, 1.807) is 11.8 Å². The molecule has 100 valence electrons. The zero-order valence-corrected chi connectivity index (χ0v) is 12.1. The van der Waals surface area contributed by atoms with Gasteiger partial charge in [0.2, 0.25) is 5.91 Å². The predicted octanol–water partition coefficient (Wildman–Crippen LogP) is 2.60. The second-order valence-electron chi connectivity index (χ2n) is 3.94. The van der Waals surface area contributed by atoms with Crippen LogP contribution in [0.5, 0.6) is 0 Å². The van der Waals surface area contributed by atoms with Gasteiger partial charge < -0.3 is 11.1 Å². The van der Waals surface area contributed by atoms with Crippen LogP contribution >= 0.6 is 23.4 Å². The van der Waals surface area contributed by atoms with Crippen molar-refractivity contribution in [2.24, 2.45) is 5.73 Å². The van der Waals surface area contributed by atoms with Gasteiger partial charge in [-0.1, -0.05) is 30.7 Å². The van der Waals surface area contributed by atoms with Crippen molar-refractivity contribution < 1.29 is 4.79 Å². The van der Waals surface area contributed by atoms with Crippen molar-refractivity contribution in [3.8, 4) is 0 Å². The molecule has 18 heavy (non-hydrogen) atoms. The molecule has 5 heteroatoms. The topological polar surface area (TPSA) is 55.1 Å². The first kappa shape index (κ1) is 15.3. The summed E-state index contributed by atoms with van der Waals surface area (Å²) in [6.45, 7) is 3.27. The number of nitrogens with one attached hydrogen (secondary N) is 1. The molecule has 0 aliphatic carbocycles.